The van der Waals surface area contributed by atoms with Gasteiger partial charge in [-0.15, -0.1) is 0 Å². The van der Waals surface area contributed by atoms with Gasteiger partial charge in [-0.3, -0.25) is 9.59 Å². The average Bonchev–Trinajstić information content (AvgIpc) is 2.65. The van der Waals surface area contributed by atoms with Gasteiger partial charge in [0.15, 0.2) is 0 Å². The molecule has 3 atom stereocenters. The standard InChI is InChI=1S/C13H22N2O3/c1-4-5-10-12(17)15(8-11(16)14-10)13(3)6-7-18-9(13)2/h9-10H,4-8H2,1-3H3,(H,14,16). The summed E-state index contributed by atoms with van der Waals surface area (Å²) in [6.45, 7) is 6.82. The molecule has 0 aliphatic carbocycles. The Hall–Kier alpha value is -1.10. The first kappa shape index (κ1) is 13.3. The first-order valence-corrected chi connectivity index (χ1v) is 6.71. The maximum Gasteiger partial charge on any atom is 0.246 e. The van der Waals surface area contributed by atoms with Crippen molar-refractivity contribution in [3.8, 4) is 0 Å². The van der Waals surface area contributed by atoms with Crippen molar-refractivity contribution >= 4 is 11.8 Å². The second-order valence-electron chi connectivity index (χ2n) is 5.45. The number of nitrogens with zero attached hydrogens (tertiary/aromatic N) is 1. The number of amides is 2. The smallest absolute Gasteiger partial charge is 0.246 e. The van der Waals surface area contributed by atoms with E-state index in [4.69, 9.17) is 4.74 Å². The van der Waals surface area contributed by atoms with Gasteiger partial charge in [-0.05, 0) is 26.7 Å². The minimum absolute atomic E-state index is 0.0189. The normalized spacial score (nSPS) is 36.9. The molecule has 18 heavy (non-hydrogen) atoms. The summed E-state index contributed by atoms with van der Waals surface area (Å²) in [4.78, 5) is 25.9. The number of piperazine rings is 1. The van der Waals surface area contributed by atoms with Crippen molar-refractivity contribution < 1.29 is 14.3 Å². The van der Waals surface area contributed by atoms with Gasteiger partial charge in [-0.25, -0.2) is 0 Å². The summed E-state index contributed by atoms with van der Waals surface area (Å²) in [5, 5.41) is 2.78. The Kier molecular flexibility index (Phi) is 3.61. The molecule has 2 aliphatic heterocycles. The van der Waals surface area contributed by atoms with Crippen LogP contribution in [0.3, 0.4) is 0 Å². The lowest BCUT2D eigenvalue weighted by atomic mass is 9.90. The van der Waals surface area contributed by atoms with Crippen molar-refractivity contribution in [2.45, 2.75) is 57.7 Å². The summed E-state index contributed by atoms with van der Waals surface area (Å²) in [6, 6.07) is -0.360. The predicted octanol–water partition coefficient (Wildman–Crippen LogP) is 0.681. The molecule has 3 unspecified atom stereocenters. The summed E-state index contributed by atoms with van der Waals surface area (Å²) in [5.74, 6) is -0.0234. The highest BCUT2D eigenvalue weighted by Gasteiger charge is 2.48. The van der Waals surface area contributed by atoms with E-state index >= 15 is 0 Å². The Bertz CT molecular complexity index is 358. The Morgan fingerprint density at radius 1 is 1.50 bits per heavy atom. The molecule has 5 nitrogen and oxygen atoms in total. The molecule has 102 valence electrons. The minimum atomic E-state index is -0.360. The van der Waals surface area contributed by atoms with Gasteiger partial charge in [0, 0.05) is 6.61 Å². The molecule has 2 rings (SSSR count). The van der Waals surface area contributed by atoms with Gasteiger partial charge in [0.25, 0.3) is 0 Å². The number of hydrogen-bond acceptors (Lipinski definition) is 3. The molecule has 2 heterocycles. The zero-order valence-corrected chi connectivity index (χ0v) is 11.4. The van der Waals surface area contributed by atoms with Crippen molar-refractivity contribution in [1.82, 2.24) is 10.2 Å². The number of ether oxygens (including phenoxy) is 1. The monoisotopic (exact) mass is 254 g/mol. The molecule has 1 N–H and O–H groups in total. The fourth-order valence-electron chi connectivity index (χ4n) is 2.81. The van der Waals surface area contributed by atoms with Gasteiger partial charge in [-0.2, -0.15) is 0 Å². The molecule has 2 amide bonds. The summed E-state index contributed by atoms with van der Waals surface area (Å²) in [5.41, 5.74) is -0.346. The fraction of sp³-hybridized carbons (Fsp3) is 0.846. The molecule has 2 saturated heterocycles. The van der Waals surface area contributed by atoms with E-state index in [0.29, 0.717) is 13.0 Å². The zero-order valence-electron chi connectivity index (χ0n) is 11.4. The van der Waals surface area contributed by atoms with Gasteiger partial charge in [0.2, 0.25) is 11.8 Å². The molecule has 0 radical (unpaired) electrons. The van der Waals surface area contributed by atoms with E-state index in [0.717, 1.165) is 12.8 Å². The SMILES string of the molecule is CCCC1NC(=O)CN(C2(C)CCOC2C)C1=O. The summed E-state index contributed by atoms with van der Waals surface area (Å²) in [6.07, 6.45) is 2.36. The maximum absolute atomic E-state index is 12.5. The van der Waals surface area contributed by atoms with Crippen LogP contribution >= 0.6 is 0 Å². The van der Waals surface area contributed by atoms with Crippen LogP contribution in [0, 0.1) is 0 Å². The second kappa shape index (κ2) is 4.88. The molecule has 0 aromatic heterocycles. The average molecular weight is 254 g/mol. The maximum atomic E-state index is 12.5. The molecule has 0 spiro atoms. The summed E-state index contributed by atoms with van der Waals surface area (Å²) in [7, 11) is 0. The van der Waals surface area contributed by atoms with Crippen LogP contribution in [0.25, 0.3) is 0 Å². The van der Waals surface area contributed by atoms with Crippen LogP contribution in [0.2, 0.25) is 0 Å². The largest absolute Gasteiger partial charge is 0.376 e. The van der Waals surface area contributed by atoms with Crippen LogP contribution in [0.5, 0.6) is 0 Å². The lowest BCUT2D eigenvalue weighted by Crippen LogP contribution is -2.65. The van der Waals surface area contributed by atoms with Gasteiger partial charge in [0.05, 0.1) is 11.6 Å². The molecule has 0 aromatic carbocycles. The van der Waals surface area contributed by atoms with Crippen LogP contribution in [-0.4, -0.2) is 47.6 Å². The van der Waals surface area contributed by atoms with E-state index in [1.165, 1.54) is 0 Å². The first-order valence-electron chi connectivity index (χ1n) is 6.71. The van der Waals surface area contributed by atoms with E-state index in [2.05, 4.69) is 5.32 Å². The fourth-order valence-corrected chi connectivity index (χ4v) is 2.81. The number of rotatable bonds is 3. The highest BCUT2D eigenvalue weighted by molar-refractivity contribution is 5.95. The number of nitrogens with one attached hydrogen (secondary N) is 1. The van der Waals surface area contributed by atoms with Crippen molar-refractivity contribution in [2.24, 2.45) is 0 Å². The van der Waals surface area contributed by atoms with E-state index in [1.807, 2.05) is 20.8 Å². The highest BCUT2D eigenvalue weighted by Crippen LogP contribution is 2.33. The zero-order chi connectivity index (χ0) is 13.3. The van der Waals surface area contributed by atoms with Crippen LogP contribution in [0.15, 0.2) is 0 Å². The Balaban J connectivity index is 2.20. The molecule has 2 fully saturated rings. The lowest BCUT2D eigenvalue weighted by Gasteiger charge is -2.44. The van der Waals surface area contributed by atoms with Crippen LogP contribution in [-0.2, 0) is 14.3 Å². The Morgan fingerprint density at radius 2 is 2.22 bits per heavy atom. The van der Waals surface area contributed by atoms with E-state index in [1.54, 1.807) is 4.90 Å². The van der Waals surface area contributed by atoms with Gasteiger partial charge in [0.1, 0.15) is 12.6 Å². The summed E-state index contributed by atoms with van der Waals surface area (Å²) >= 11 is 0. The number of carbonyl (C=O) groups is 2. The molecular formula is C13H22N2O3. The van der Waals surface area contributed by atoms with Crippen LogP contribution < -0.4 is 5.32 Å². The van der Waals surface area contributed by atoms with Gasteiger partial charge >= 0.3 is 0 Å². The quantitative estimate of drug-likeness (QED) is 0.806. The van der Waals surface area contributed by atoms with Crippen molar-refractivity contribution in [3.05, 3.63) is 0 Å². The highest BCUT2D eigenvalue weighted by atomic mass is 16.5. The van der Waals surface area contributed by atoms with Crippen molar-refractivity contribution in [1.29, 1.82) is 0 Å². The van der Waals surface area contributed by atoms with E-state index in [-0.39, 0.29) is 36.0 Å². The van der Waals surface area contributed by atoms with Gasteiger partial charge < -0.3 is 15.0 Å². The van der Waals surface area contributed by atoms with Crippen LogP contribution in [0.4, 0.5) is 0 Å². The van der Waals surface area contributed by atoms with Crippen molar-refractivity contribution in [2.75, 3.05) is 13.2 Å². The Morgan fingerprint density at radius 3 is 2.78 bits per heavy atom. The van der Waals surface area contributed by atoms with Gasteiger partial charge in [-0.1, -0.05) is 13.3 Å². The third kappa shape index (κ3) is 2.11. The molecular weight excluding hydrogens is 232 g/mol. The first-order chi connectivity index (χ1) is 8.49. The third-order valence-electron chi connectivity index (χ3n) is 4.25. The summed E-state index contributed by atoms with van der Waals surface area (Å²) < 4.78 is 5.57. The minimum Gasteiger partial charge on any atom is -0.376 e. The lowest BCUT2D eigenvalue weighted by molar-refractivity contribution is -0.152. The topological polar surface area (TPSA) is 58.6 Å². The predicted molar refractivity (Wildman–Crippen MR) is 67.0 cm³/mol. The van der Waals surface area contributed by atoms with Crippen molar-refractivity contribution in [3.63, 3.8) is 0 Å². The van der Waals surface area contributed by atoms with E-state index in [9.17, 15) is 9.59 Å². The third-order valence-corrected chi connectivity index (χ3v) is 4.25. The molecule has 2 aliphatic rings. The molecule has 0 aromatic rings. The molecule has 0 bridgehead atoms. The Labute approximate surface area is 108 Å². The second-order valence-corrected chi connectivity index (χ2v) is 5.45. The number of carbonyl (C=O) groups excluding carboxylic acids is 2. The molecule has 5 heteroatoms. The van der Waals surface area contributed by atoms with E-state index < -0.39 is 0 Å². The van der Waals surface area contributed by atoms with Crippen LogP contribution in [0.1, 0.15) is 40.0 Å². The molecule has 0 saturated carbocycles. The number of hydrogen-bond donors (Lipinski definition) is 1.